The summed E-state index contributed by atoms with van der Waals surface area (Å²) in [5.74, 6) is -5.01. The lowest BCUT2D eigenvalue weighted by Crippen LogP contribution is -2.48. The Morgan fingerprint density at radius 3 is 1.77 bits per heavy atom. The van der Waals surface area contributed by atoms with Gasteiger partial charge < -0.3 is 4.74 Å². The van der Waals surface area contributed by atoms with E-state index in [1.54, 1.807) is 12.1 Å². The fourth-order valence-electron chi connectivity index (χ4n) is 6.87. The van der Waals surface area contributed by atoms with Crippen LogP contribution < -0.4 is 10.9 Å². The van der Waals surface area contributed by atoms with E-state index in [2.05, 4.69) is 10.9 Å². The van der Waals surface area contributed by atoms with Crippen LogP contribution in [0.3, 0.4) is 0 Å². The maximum absolute atomic E-state index is 14.1. The minimum atomic E-state index is -1.19. The summed E-state index contributed by atoms with van der Waals surface area (Å²) in [4.78, 5) is 67.5. The molecule has 3 aliphatic carbocycles. The van der Waals surface area contributed by atoms with Gasteiger partial charge in [-0.2, -0.15) is 0 Å². The Balaban J connectivity index is 1.20. The smallest absolute Gasteiger partial charge is 0.329 e. The first-order valence-electron chi connectivity index (χ1n) is 14.2. The molecule has 2 bridgehead atoms. The van der Waals surface area contributed by atoms with Crippen molar-refractivity contribution in [1.82, 2.24) is 15.8 Å². The molecule has 0 radical (unpaired) electrons. The highest BCUT2D eigenvalue weighted by Crippen LogP contribution is 2.61. The molecule has 0 spiro atoms. The summed E-state index contributed by atoms with van der Waals surface area (Å²) in [6.07, 6.45) is 0.176. The molecule has 3 atom stereocenters. The molecular weight excluding hydrogens is 570 g/mol. The lowest BCUT2D eigenvalue weighted by atomic mass is 9.55. The number of hydrogen-bond acceptors (Lipinski definition) is 6. The molecule has 1 fully saturated rings. The van der Waals surface area contributed by atoms with E-state index < -0.39 is 54.1 Å². The molecule has 3 aromatic rings. The maximum atomic E-state index is 14.1. The molecule has 0 aromatic heterocycles. The van der Waals surface area contributed by atoms with Crippen molar-refractivity contribution in [3.05, 3.63) is 106 Å². The highest BCUT2D eigenvalue weighted by molar-refractivity contribution is 6.33. The Morgan fingerprint density at radius 1 is 0.791 bits per heavy atom. The molecule has 0 unspecified atom stereocenters. The number of nitrogens with one attached hydrogen (secondary N) is 2. The van der Waals surface area contributed by atoms with Gasteiger partial charge in [-0.05, 0) is 46.7 Å². The van der Waals surface area contributed by atoms with Crippen molar-refractivity contribution in [1.29, 1.82) is 0 Å². The molecule has 1 heterocycles. The van der Waals surface area contributed by atoms with E-state index in [1.807, 2.05) is 62.4 Å². The molecule has 9 nitrogen and oxygen atoms in total. The summed E-state index contributed by atoms with van der Waals surface area (Å²) in [5, 5.41) is 0.206. The summed E-state index contributed by atoms with van der Waals surface area (Å²) in [7, 11) is 0. The zero-order valence-electron chi connectivity index (χ0n) is 23.6. The van der Waals surface area contributed by atoms with Crippen LogP contribution >= 0.6 is 11.6 Å². The molecule has 2 N–H and O–H groups in total. The number of hydrazine groups is 1. The topological polar surface area (TPSA) is 122 Å². The number of amides is 4. The fraction of sp³-hybridized carbons (Fsp3) is 0.303. The van der Waals surface area contributed by atoms with Gasteiger partial charge in [-0.25, -0.2) is 4.79 Å². The van der Waals surface area contributed by atoms with Crippen LogP contribution in [-0.4, -0.2) is 47.1 Å². The van der Waals surface area contributed by atoms with Crippen molar-refractivity contribution in [2.45, 2.75) is 38.1 Å². The molecule has 4 aliphatic rings. The van der Waals surface area contributed by atoms with Gasteiger partial charge in [-0.1, -0.05) is 86.1 Å². The van der Waals surface area contributed by atoms with Crippen LogP contribution in [-0.2, 0) is 23.9 Å². The first-order chi connectivity index (χ1) is 20.7. The number of ether oxygens (including phenoxy) is 1. The number of likely N-dealkylation sites (tertiary alicyclic amines) is 1. The van der Waals surface area contributed by atoms with Crippen LogP contribution in [0.4, 0.5) is 0 Å². The third kappa shape index (κ3) is 4.87. The number of hydrogen-bond donors (Lipinski definition) is 2. The van der Waals surface area contributed by atoms with Crippen molar-refractivity contribution < 1.29 is 28.7 Å². The van der Waals surface area contributed by atoms with Crippen LogP contribution in [0.5, 0.6) is 0 Å². The van der Waals surface area contributed by atoms with Crippen molar-refractivity contribution in [2.24, 2.45) is 17.8 Å². The van der Waals surface area contributed by atoms with E-state index in [9.17, 15) is 24.0 Å². The van der Waals surface area contributed by atoms with Crippen LogP contribution in [0.1, 0.15) is 64.7 Å². The van der Waals surface area contributed by atoms with Gasteiger partial charge in [0, 0.05) is 11.8 Å². The number of carbonyl (C=O) groups is 5. The third-order valence-electron chi connectivity index (χ3n) is 8.54. The van der Waals surface area contributed by atoms with Gasteiger partial charge in [0.15, 0.2) is 6.61 Å². The Hall–Kier alpha value is -4.50. The van der Waals surface area contributed by atoms with Crippen LogP contribution in [0, 0.1) is 17.8 Å². The van der Waals surface area contributed by atoms with Crippen LogP contribution in [0.2, 0.25) is 5.02 Å². The largest absolute Gasteiger partial charge is 0.454 e. The zero-order valence-corrected chi connectivity index (χ0v) is 24.3. The van der Waals surface area contributed by atoms with Crippen molar-refractivity contribution in [2.75, 3.05) is 6.61 Å². The summed E-state index contributed by atoms with van der Waals surface area (Å²) in [5.41, 5.74) is 8.72. The zero-order chi connectivity index (χ0) is 30.4. The standard InChI is InChI=1S/C33H30ClN3O6/c1-17(2)15-24(33(42)43-16-25(38)35-36-30(39)22-13-7-8-14-23(22)34)37-31(40)28-26-18-9-3-4-10-19(18)27(29(28)32(37)41)21-12-6-5-11-20(21)26/h3-14,17,24,26-29H,15-16H2,1-2H3,(H,35,38)(H,36,39)/t24-,26?,27?,28+,29+/m1/s1. The number of halogens is 1. The SMILES string of the molecule is CC(C)C[C@H](C(=O)OCC(=O)NNC(=O)c1ccccc1Cl)N1C(=O)[C@H]2C3c4ccccc4C(c4ccccc43)[C@@H]2C1=O. The normalized spacial score (nSPS) is 22.0. The van der Waals surface area contributed by atoms with E-state index in [1.165, 1.54) is 12.1 Å². The summed E-state index contributed by atoms with van der Waals surface area (Å²) in [6.45, 7) is 3.04. The molecule has 1 aliphatic heterocycles. The van der Waals surface area contributed by atoms with E-state index in [-0.39, 0.29) is 34.8 Å². The first kappa shape index (κ1) is 28.6. The maximum Gasteiger partial charge on any atom is 0.329 e. The predicted molar refractivity (Wildman–Crippen MR) is 157 cm³/mol. The highest BCUT2D eigenvalue weighted by Gasteiger charge is 2.63. The number of imide groups is 1. The van der Waals surface area contributed by atoms with Gasteiger partial charge >= 0.3 is 5.97 Å². The number of benzene rings is 3. The Kier molecular flexibility index (Phi) is 7.52. The van der Waals surface area contributed by atoms with Crippen LogP contribution in [0.15, 0.2) is 72.8 Å². The summed E-state index contributed by atoms with van der Waals surface area (Å²) < 4.78 is 5.31. The fourth-order valence-corrected chi connectivity index (χ4v) is 7.09. The number of nitrogens with zero attached hydrogens (tertiary/aromatic N) is 1. The number of carbonyl (C=O) groups excluding carboxylic acids is 5. The van der Waals surface area contributed by atoms with E-state index >= 15 is 0 Å². The van der Waals surface area contributed by atoms with E-state index in [0.717, 1.165) is 27.2 Å². The minimum Gasteiger partial charge on any atom is -0.454 e. The Bertz CT molecular complexity index is 1540. The monoisotopic (exact) mass is 599 g/mol. The summed E-state index contributed by atoms with van der Waals surface area (Å²) in [6, 6.07) is 21.0. The molecular formula is C33H30ClN3O6. The highest BCUT2D eigenvalue weighted by atomic mass is 35.5. The van der Waals surface area contributed by atoms with Gasteiger partial charge in [0.1, 0.15) is 6.04 Å². The lowest BCUT2D eigenvalue weighted by molar-refractivity contribution is -0.161. The van der Waals surface area contributed by atoms with Crippen molar-refractivity contribution in [3.8, 4) is 0 Å². The van der Waals surface area contributed by atoms with E-state index in [4.69, 9.17) is 16.3 Å². The molecule has 10 heteroatoms. The predicted octanol–water partition coefficient (Wildman–Crippen LogP) is 3.95. The minimum absolute atomic E-state index is 0.0596. The average Bonchev–Trinajstić information content (AvgIpc) is 3.27. The Labute approximate surface area is 253 Å². The molecule has 220 valence electrons. The molecule has 7 rings (SSSR count). The molecule has 4 amide bonds. The molecule has 3 aromatic carbocycles. The molecule has 43 heavy (non-hydrogen) atoms. The van der Waals surface area contributed by atoms with Gasteiger partial charge in [0.05, 0.1) is 22.4 Å². The lowest BCUT2D eigenvalue weighted by Gasteiger charge is -2.45. The number of rotatable bonds is 7. The molecule has 1 saturated heterocycles. The Morgan fingerprint density at radius 2 is 1.28 bits per heavy atom. The second-order valence-electron chi connectivity index (χ2n) is 11.5. The quantitative estimate of drug-likeness (QED) is 0.241. The second kappa shape index (κ2) is 11.3. The van der Waals surface area contributed by atoms with Gasteiger partial charge in [0.2, 0.25) is 11.8 Å². The van der Waals surface area contributed by atoms with Gasteiger partial charge in [-0.15, -0.1) is 0 Å². The first-order valence-corrected chi connectivity index (χ1v) is 14.6. The number of esters is 1. The van der Waals surface area contributed by atoms with Gasteiger partial charge in [0.25, 0.3) is 11.8 Å². The van der Waals surface area contributed by atoms with Crippen molar-refractivity contribution in [3.63, 3.8) is 0 Å². The van der Waals surface area contributed by atoms with Crippen molar-refractivity contribution >= 4 is 41.2 Å². The average molecular weight is 600 g/mol. The second-order valence-corrected chi connectivity index (χ2v) is 12.0. The van der Waals surface area contributed by atoms with E-state index in [0.29, 0.717) is 0 Å². The molecule has 0 saturated carbocycles. The van der Waals surface area contributed by atoms with Gasteiger partial charge in [-0.3, -0.25) is 34.9 Å². The van der Waals surface area contributed by atoms with Crippen LogP contribution in [0.25, 0.3) is 0 Å². The third-order valence-corrected chi connectivity index (χ3v) is 8.87. The summed E-state index contributed by atoms with van der Waals surface area (Å²) >= 11 is 6.02.